The zero-order valence-electron chi connectivity index (χ0n) is 16.6. The molecule has 2 aliphatic heterocycles. The molecule has 5 nitrogen and oxygen atoms in total. The standard InChI is InChI=1S/C22H27ClN4O/c1-16-24-13-19(23)20(25-16)21(28)27-10-8-22(9-11-27)12-18(14-26(2)15-22)17-6-4-3-5-7-17/h3-7,13,18H,8-12,14-15H2,1-2H3. The Morgan fingerprint density at radius 1 is 1.21 bits per heavy atom. The van der Waals surface area contributed by atoms with Crippen molar-refractivity contribution in [3.8, 4) is 0 Å². The van der Waals surface area contributed by atoms with Gasteiger partial charge in [0.05, 0.1) is 11.2 Å². The van der Waals surface area contributed by atoms with E-state index < -0.39 is 0 Å². The lowest BCUT2D eigenvalue weighted by Gasteiger charge is -2.49. The van der Waals surface area contributed by atoms with Gasteiger partial charge in [-0.3, -0.25) is 4.79 Å². The first-order valence-corrected chi connectivity index (χ1v) is 10.4. The molecular weight excluding hydrogens is 372 g/mol. The second kappa shape index (κ2) is 7.80. The number of hydrogen-bond acceptors (Lipinski definition) is 4. The van der Waals surface area contributed by atoms with E-state index in [1.807, 2.05) is 4.90 Å². The van der Waals surface area contributed by atoms with Gasteiger partial charge in [0, 0.05) is 26.2 Å². The van der Waals surface area contributed by atoms with Gasteiger partial charge in [-0.05, 0) is 50.1 Å². The summed E-state index contributed by atoms with van der Waals surface area (Å²) in [4.78, 5) is 25.6. The number of aryl methyl sites for hydroxylation is 1. The Labute approximate surface area is 171 Å². The first-order valence-electron chi connectivity index (χ1n) is 9.98. The smallest absolute Gasteiger partial charge is 0.274 e. The molecule has 2 saturated heterocycles. The second-order valence-electron chi connectivity index (χ2n) is 8.41. The number of amides is 1. The van der Waals surface area contributed by atoms with Gasteiger partial charge in [0.25, 0.3) is 5.91 Å². The molecule has 2 aromatic rings. The molecule has 0 radical (unpaired) electrons. The van der Waals surface area contributed by atoms with Crippen molar-refractivity contribution >= 4 is 17.5 Å². The van der Waals surface area contributed by atoms with Gasteiger partial charge in [0.1, 0.15) is 5.82 Å². The SMILES string of the molecule is Cc1ncc(Cl)c(C(=O)N2CCC3(CC2)CC(c2ccccc2)CN(C)C3)n1. The van der Waals surface area contributed by atoms with Crippen molar-refractivity contribution in [1.29, 1.82) is 0 Å². The van der Waals surface area contributed by atoms with Crippen LogP contribution < -0.4 is 0 Å². The summed E-state index contributed by atoms with van der Waals surface area (Å²) in [5.74, 6) is 1.05. The number of likely N-dealkylation sites (tertiary alicyclic amines) is 2. The average molecular weight is 399 g/mol. The van der Waals surface area contributed by atoms with Crippen molar-refractivity contribution in [2.24, 2.45) is 5.41 Å². The highest BCUT2D eigenvalue weighted by molar-refractivity contribution is 6.33. The summed E-state index contributed by atoms with van der Waals surface area (Å²) in [6.07, 6.45) is 4.75. The van der Waals surface area contributed by atoms with Crippen molar-refractivity contribution in [2.45, 2.75) is 32.1 Å². The molecule has 0 bridgehead atoms. The highest BCUT2D eigenvalue weighted by Gasteiger charge is 2.42. The van der Waals surface area contributed by atoms with E-state index in [1.54, 1.807) is 6.92 Å². The van der Waals surface area contributed by atoms with Gasteiger partial charge in [-0.1, -0.05) is 41.9 Å². The molecule has 1 aromatic heterocycles. The van der Waals surface area contributed by atoms with Crippen LogP contribution in [0.1, 0.15) is 47.1 Å². The molecule has 2 fully saturated rings. The van der Waals surface area contributed by atoms with E-state index in [9.17, 15) is 4.79 Å². The zero-order chi connectivity index (χ0) is 19.7. The third-order valence-corrected chi connectivity index (χ3v) is 6.54. The van der Waals surface area contributed by atoms with Crippen LogP contribution in [0.25, 0.3) is 0 Å². The number of benzene rings is 1. The fourth-order valence-corrected chi connectivity index (χ4v) is 5.09. The van der Waals surface area contributed by atoms with Gasteiger partial charge < -0.3 is 9.80 Å². The van der Waals surface area contributed by atoms with E-state index in [4.69, 9.17) is 11.6 Å². The van der Waals surface area contributed by atoms with Gasteiger partial charge >= 0.3 is 0 Å². The van der Waals surface area contributed by atoms with Crippen LogP contribution in [-0.2, 0) is 0 Å². The number of carbonyl (C=O) groups is 1. The predicted molar refractivity (Wildman–Crippen MR) is 111 cm³/mol. The van der Waals surface area contributed by atoms with Crippen LogP contribution in [0.2, 0.25) is 5.02 Å². The Balaban J connectivity index is 1.46. The molecule has 148 valence electrons. The first-order chi connectivity index (χ1) is 13.5. The zero-order valence-corrected chi connectivity index (χ0v) is 17.3. The lowest BCUT2D eigenvalue weighted by molar-refractivity contribution is 0.0222. The third kappa shape index (κ3) is 3.91. The molecule has 0 N–H and O–H groups in total. The van der Waals surface area contributed by atoms with Crippen molar-refractivity contribution in [3.05, 3.63) is 58.6 Å². The summed E-state index contributed by atoms with van der Waals surface area (Å²) in [6, 6.07) is 10.8. The summed E-state index contributed by atoms with van der Waals surface area (Å²) in [5.41, 5.74) is 2.03. The van der Waals surface area contributed by atoms with Gasteiger partial charge in [-0.15, -0.1) is 0 Å². The minimum absolute atomic E-state index is 0.0749. The summed E-state index contributed by atoms with van der Waals surface area (Å²) in [6.45, 7) is 5.50. The number of hydrogen-bond donors (Lipinski definition) is 0. The van der Waals surface area contributed by atoms with Crippen molar-refractivity contribution in [2.75, 3.05) is 33.2 Å². The Morgan fingerprint density at radius 2 is 1.93 bits per heavy atom. The molecule has 1 amide bonds. The van der Waals surface area contributed by atoms with E-state index in [-0.39, 0.29) is 11.3 Å². The summed E-state index contributed by atoms with van der Waals surface area (Å²) >= 11 is 6.18. The number of carbonyl (C=O) groups excluding carboxylic acids is 1. The largest absolute Gasteiger partial charge is 0.337 e. The minimum atomic E-state index is -0.0749. The maximum absolute atomic E-state index is 12.9. The Hall–Kier alpha value is -1.98. The third-order valence-electron chi connectivity index (χ3n) is 6.27. The second-order valence-corrected chi connectivity index (χ2v) is 8.82. The molecule has 0 saturated carbocycles. The maximum atomic E-state index is 12.9. The molecule has 2 aliphatic rings. The van der Waals surface area contributed by atoms with E-state index >= 15 is 0 Å². The van der Waals surface area contributed by atoms with Crippen molar-refractivity contribution in [1.82, 2.24) is 19.8 Å². The molecule has 1 aromatic carbocycles. The number of piperidine rings is 2. The highest BCUT2D eigenvalue weighted by Crippen LogP contribution is 2.44. The summed E-state index contributed by atoms with van der Waals surface area (Å²) in [7, 11) is 2.22. The van der Waals surface area contributed by atoms with E-state index in [0.29, 0.717) is 22.5 Å². The summed E-state index contributed by atoms with van der Waals surface area (Å²) in [5, 5.41) is 0.331. The fourth-order valence-electron chi connectivity index (χ4n) is 4.92. The number of aromatic nitrogens is 2. The van der Waals surface area contributed by atoms with Gasteiger partial charge in [0.2, 0.25) is 0 Å². The monoisotopic (exact) mass is 398 g/mol. The average Bonchev–Trinajstić information content (AvgIpc) is 2.70. The number of likely N-dealkylation sites (N-methyl/N-ethyl adjacent to an activating group) is 1. The Kier molecular flexibility index (Phi) is 5.39. The summed E-state index contributed by atoms with van der Waals surface area (Å²) < 4.78 is 0. The molecule has 1 spiro atoms. The molecule has 6 heteroatoms. The number of rotatable bonds is 2. The van der Waals surface area contributed by atoms with Crippen LogP contribution in [0.5, 0.6) is 0 Å². The van der Waals surface area contributed by atoms with Crippen molar-refractivity contribution in [3.63, 3.8) is 0 Å². The molecule has 3 heterocycles. The normalized spacial score (nSPS) is 22.4. The van der Waals surface area contributed by atoms with Crippen LogP contribution in [0, 0.1) is 12.3 Å². The highest BCUT2D eigenvalue weighted by atomic mass is 35.5. The van der Waals surface area contributed by atoms with Gasteiger partial charge in [0.15, 0.2) is 5.69 Å². The van der Waals surface area contributed by atoms with Crippen LogP contribution in [0.15, 0.2) is 36.5 Å². The lowest BCUT2D eigenvalue weighted by atomic mass is 9.68. The van der Waals surface area contributed by atoms with Crippen LogP contribution >= 0.6 is 11.6 Å². The number of nitrogens with zero attached hydrogens (tertiary/aromatic N) is 4. The maximum Gasteiger partial charge on any atom is 0.274 e. The van der Waals surface area contributed by atoms with Crippen LogP contribution in [0.4, 0.5) is 0 Å². The Bertz CT molecular complexity index is 849. The molecular formula is C22H27ClN4O. The molecule has 0 aliphatic carbocycles. The molecule has 1 atom stereocenters. The van der Waals surface area contributed by atoms with E-state index in [1.165, 1.54) is 18.2 Å². The molecule has 28 heavy (non-hydrogen) atoms. The van der Waals surface area contributed by atoms with Crippen LogP contribution in [0.3, 0.4) is 0 Å². The lowest BCUT2D eigenvalue weighted by Crippen LogP contribution is -2.51. The predicted octanol–water partition coefficient (Wildman–Crippen LogP) is 3.78. The van der Waals surface area contributed by atoms with E-state index in [2.05, 4.69) is 52.2 Å². The quantitative estimate of drug-likeness (QED) is 0.772. The molecule has 4 rings (SSSR count). The topological polar surface area (TPSA) is 49.3 Å². The van der Waals surface area contributed by atoms with Gasteiger partial charge in [-0.25, -0.2) is 9.97 Å². The number of halogens is 1. The van der Waals surface area contributed by atoms with Crippen molar-refractivity contribution < 1.29 is 4.79 Å². The van der Waals surface area contributed by atoms with Gasteiger partial charge in [-0.2, -0.15) is 0 Å². The van der Waals surface area contributed by atoms with E-state index in [0.717, 1.165) is 39.0 Å². The fraction of sp³-hybridized carbons (Fsp3) is 0.500. The first kappa shape index (κ1) is 19.3. The molecule has 1 unspecified atom stereocenters. The minimum Gasteiger partial charge on any atom is -0.337 e. The van der Waals surface area contributed by atoms with Crippen LogP contribution in [-0.4, -0.2) is 58.9 Å². The Morgan fingerprint density at radius 3 is 2.64 bits per heavy atom.